The highest BCUT2D eigenvalue weighted by molar-refractivity contribution is 9.10. The fourth-order valence-corrected chi connectivity index (χ4v) is 4.82. The van der Waals surface area contributed by atoms with Gasteiger partial charge in [-0.15, -0.1) is 11.3 Å². The van der Waals surface area contributed by atoms with Crippen molar-refractivity contribution in [3.05, 3.63) is 56.7 Å². The van der Waals surface area contributed by atoms with Gasteiger partial charge < -0.3 is 5.11 Å². The van der Waals surface area contributed by atoms with Crippen LogP contribution in [-0.2, 0) is 27.8 Å². The van der Waals surface area contributed by atoms with Crippen LogP contribution in [0, 0.1) is 0 Å². The Balaban J connectivity index is 2.08. The lowest BCUT2D eigenvalue weighted by Gasteiger charge is -2.11. The van der Waals surface area contributed by atoms with Crippen molar-refractivity contribution in [3.63, 3.8) is 0 Å². The number of rotatable bonds is 6. The Morgan fingerprint density at radius 3 is 2.60 bits per heavy atom. The highest BCUT2D eigenvalue weighted by atomic mass is 79.9. The number of thiophene rings is 1. The van der Waals surface area contributed by atoms with Gasteiger partial charge in [0, 0.05) is 25.5 Å². The number of carbonyl (C=O) groups is 1. The topological polar surface area (TPSA) is 54.4 Å². The maximum absolute atomic E-state index is 12.3. The summed E-state index contributed by atoms with van der Waals surface area (Å²) >= 11 is 4.82. The fraction of sp³-hybridized carbons (Fsp3) is 0.214. The third-order valence-corrected chi connectivity index (χ3v) is 6.24. The summed E-state index contributed by atoms with van der Waals surface area (Å²) in [6.07, 6.45) is 0.287. The van der Waals surface area contributed by atoms with Gasteiger partial charge in [-0.3, -0.25) is 9.00 Å². The van der Waals surface area contributed by atoms with Crippen molar-refractivity contribution in [2.75, 3.05) is 0 Å². The van der Waals surface area contributed by atoms with E-state index in [0.717, 1.165) is 14.9 Å². The summed E-state index contributed by atoms with van der Waals surface area (Å²) in [5.41, 5.74) is 0.889. The monoisotopic (exact) mass is 372 g/mol. The van der Waals surface area contributed by atoms with E-state index in [2.05, 4.69) is 15.9 Å². The van der Waals surface area contributed by atoms with Gasteiger partial charge in [0.15, 0.2) is 0 Å². The van der Waals surface area contributed by atoms with E-state index >= 15 is 0 Å². The van der Waals surface area contributed by atoms with Gasteiger partial charge in [0.1, 0.15) is 5.25 Å². The molecule has 2 unspecified atom stereocenters. The molecular weight excluding hydrogens is 360 g/mol. The van der Waals surface area contributed by atoms with Gasteiger partial charge in [-0.1, -0.05) is 30.3 Å². The molecule has 0 fully saturated rings. The first-order valence-electron chi connectivity index (χ1n) is 5.93. The second-order valence-corrected chi connectivity index (χ2v) is 7.80. The molecule has 2 atom stereocenters. The van der Waals surface area contributed by atoms with Gasteiger partial charge >= 0.3 is 5.97 Å². The van der Waals surface area contributed by atoms with E-state index in [1.165, 1.54) is 11.3 Å². The molecule has 0 aliphatic rings. The Bertz CT molecular complexity index is 610. The molecule has 2 aromatic rings. The second kappa shape index (κ2) is 7.15. The summed E-state index contributed by atoms with van der Waals surface area (Å²) in [5, 5.41) is 10.3. The molecule has 0 amide bonds. The van der Waals surface area contributed by atoms with Crippen LogP contribution in [0.2, 0.25) is 0 Å². The molecule has 0 saturated heterocycles. The summed E-state index contributed by atoms with van der Waals surface area (Å²) in [5.74, 6) is -0.733. The lowest BCUT2D eigenvalue weighted by Crippen LogP contribution is -2.28. The number of hydrogen-bond donors (Lipinski definition) is 1. The third-order valence-electron chi connectivity index (χ3n) is 2.76. The van der Waals surface area contributed by atoms with Gasteiger partial charge in [-0.2, -0.15) is 0 Å². The molecule has 0 aliphatic heterocycles. The van der Waals surface area contributed by atoms with Crippen LogP contribution in [0.15, 0.2) is 46.3 Å². The van der Waals surface area contributed by atoms with E-state index in [-0.39, 0.29) is 12.2 Å². The number of benzene rings is 1. The highest BCUT2D eigenvalue weighted by Gasteiger charge is 2.25. The molecule has 1 heterocycles. The van der Waals surface area contributed by atoms with E-state index in [0.29, 0.717) is 0 Å². The molecule has 2 rings (SSSR count). The first-order chi connectivity index (χ1) is 9.56. The number of halogens is 1. The van der Waals surface area contributed by atoms with Crippen molar-refractivity contribution in [1.29, 1.82) is 0 Å². The van der Waals surface area contributed by atoms with Crippen LogP contribution in [-0.4, -0.2) is 20.5 Å². The van der Waals surface area contributed by atoms with Crippen LogP contribution < -0.4 is 0 Å². The first kappa shape index (κ1) is 15.4. The molecule has 1 aromatic heterocycles. The van der Waals surface area contributed by atoms with Crippen molar-refractivity contribution >= 4 is 44.0 Å². The van der Waals surface area contributed by atoms with Crippen molar-refractivity contribution in [2.45, 2.75) is 17.4 Å². The van der Waals surface area contributed by atoms with Gasteiger partial charge in [0.25, 0.3) is 0 Å². The molecule has 1 aromatic carbocycles. The van der Waals surface area contributed by atoms with Crippen molar-refractivity contribution in [2.24, 2.45) is 0 Å². The molecule has 3 nitrogen and oxygen atoms in total. The van der Waals surface area contributed by atoms with Crippen LogP contribution in [0.3, 0.4) is 0 Å². The van der Waals surface area contributed by atoms with Gasteiger partial charge in [0.2, 0.25) is 0 Å². The van der Waals surface area contributed by atoms with E-state index < -0.39 is 22.0 Å². The maximum Gasteiger partial charge on any atom is 0.319 e. The average Bonchev–Trinajstić information content (AvgIpc) is 2.82. The molecule has 0 spiro atoms. The standard InChI is InChI=1S/C14H13BrO3S2/c15-11-7-12(19-8-11)9-20(18)13(14(16)17)6-10-4-2-1-3-5-10/h1-5,7-8,13H,6,9H2,(H,16,17). The smallest absolute Gasteiger partial charge is 0.319 e. The Morgan fingerprint density at radius 1 is 1.35 bits per heavy atom. The van der Waals surface area contributed by atoms with E-state index in [1.807, 2.05) is 41.8 Å². The number of aliphatic carboxylic acids is 1. The SMILES string of the molecule is O=C(O)C(Cc1ccccc1)S(=O)Cc1cc(Br)cs1. The summed E-state index contributed by atoms with van der Waals surface area (Å²) in [4.78, 5) is 12.3. The first-order valence-corrected chi connectivity index (χ1v) is 8.98. The minimum atomic E-state index is -1.44. The second-order valence-electron chi connectivity index (χ2n) is 4.27. The van der Waals surface area contributed by atoms with Gasteiger partial charge in [0.05, 0.1) is 5.75 Å². The molecular formula is C14H13BrO3S2. The predicted molar refractivity (Wildman–Crippen MR) is 85.4 cm³/mol. The summed E-state index contributed by atoms with van der Waals surface area (Å²) in [6.45, 7) is 0. The molecule has 106 valence electrons. The predicted octanol–water partition coefficient (Wildman–Crippen LogP) is 3.46. The van der Waals surface area contributed by atoms with E-state index in [9.17, 15) is 14.1 Å². The maximum atomic E-state index is 12.3. The molecule has 20 heavy (non-hydrogen) atoms. The zero-order valence-corrected chi connectivity index (χ0v) is 13.7. The molecule has 0 bridgehead atoms. The van der Waals surface area contributed by atoms with Crippen LogP contribution in [0.4, 0.5) is 0 Å². The third kappa shape index (κ3) is 4.26. The number of carboxylic acids is 1. The van der Waals surface area contributed by atoms with Crippen LogP contribution in [0.1, 0.15) is 10.4 Å². The van der Waals surface area contributed by atoms with E-state index in [4.69, 9.17) is 0 Å². The minimum Gasteiger partial charge on any atom is -0.480 e. The molecule has 1 N–H and O–H groups in total. The van der Waals surface area contributed by atoms with Crippen molar-refractivity contribution < 1.29 is 14.1 Å². The quantitative estimate of drug-likeness (QED) is 0.844. The largest absolute Gasteiger partial charge is 0.480 e. The van der Waals surface area contributed by atoms with E-state index in [1.54, 1.807) is 0 Å². The highest BCUT2D eigenvalue weighted by Crippen LogP contribution is 2.22. The normalized spacial score (nSPS) is 13.8. The zero-order chi connectivity index (χ0) is 14.5. The fourth-order valence-electron chi connectivity index (χ4n) is 1.79. The Labute approximate surface area is 132 Å². The summed E-state index contributed by atoms with van der Waals surface area (Å²) < 4.78 is 13.2. The molecule has 0 aliphatic carbocycles. The Kier molecular flexibility index (Phi) is 5.51. The molecule has 0 radical (unpaired) electrons. The molecule has 0 saturated carbocycles. The number of carboxylic acid groups (broad SMARTS) is 1. The van der Waals surface area contributed by atoms with Gasteiger partial charge in [-0.05, 0) is 34.0 Å². The zero-order valence-electron chi connectivity index (χ0n) is 10.5. The van der Waals surface area contributed by atoms with Crippen LogP contribution in [0.5, 0.6) is 0 Å². The Hall–Kier alpha value is -0.980. The van der Waals surface area contributed by atoms with Crippen molar-refractivity contribution in [3.8, 4) is 0 Å². The molecule has 6 heteroatoms. The van der Waals surface area contributed by atoms with Crippen molar-refractivity contribution in [1.82, 2.24) is 0 Å². The lowest BCUT2D eigenvalue weighted by molar-refractivity contribution is -0.136. The minimum absolute atomic E-state index is 0.278. The van der Waals surface area contributed by atoms with Crippen LogP contribution in [0.25, 0.3) is 0 Å². The van der Waals surface area contributed by atoms with Gasteiger partial charge in [-0.25, -0.2) is 0 Å². The summed E-state index contributed by atoms with van der Waals surface area (Å²) in [6, 6.07) is 11.2. The Morgan fingerprint density at radius 2 is 2.05 bits per heavy atom. The van der Waals surface area contributed by atoms with Crippen LogP contribution >= 0.6 is 27.3 Å². The number of hydrogen-bond acceptors (Lipinski definition) is 3. The summed E-state index contributed by atoms with van der Waals surface area (Å²) in [7, 11) is -1.44. The lowest BCUT2D eigenvalue weighted by atomic mass is 10.1. The average molecular weight is 373 g/mol.